The van der Waals surface area contributed by atoms with Gasteiger partial charge in [-0.25, -0.2) is 0 Å². The first-order valence-electron chi connectivity index (χ1n) is 14.9. The van der Waals surface area contributed by atoms with Crippen LogP contribution in [0.4, 0.5) is 0 Å². The molecule has 8 heteroatoms. The third kappa shape index (κ3) is 8.31. The van der Waals surface area contributed by atoms with E-state index in [1.54, 1.807) is 24.3 Å². The fourth-order valence-corrected chi connectivity index (χ4v) is 5.51. The SMILES string of the molecule is CC(=O)NCc1cccc(-c2ccc([C@H]3O[C@@H](CN(C)C[C@@H](O)c4cccc(O)c4)C[C@@H](c4ccc(CO)cc4)O3)cc2)c1. The van der Waals surface area contributed by atoms with Gasteiger partial charge >= 0.3 is 0 Å². The summed E-state index contributed by atoms with van der Waals surface area (Å²) in [6.07, 6.45) is -1.13. The van der Waals surface area contributed by atoms with Crippen LogP contribution in [-0.2, 0) is 27.4 Å². The Morgan fingerprint density at radius 2 is 1.64 bits per heavy atom. The zero-order valence-electron chi connectivity index (χ0n) is 25.1. The molecule has 4 N–H and O–H groups in total. The van der Waals surface area contributed by atoms with E-state index >= 15 is 0 Å². The number of phenols is 1. The summed E-state index contributed by atoms with van der Waals surface area (Å²) in [7, 11) is 1.94. The van der Waals surface area contributed by atoms with Crippen LogP contribution in [0.1, 0.15) is 59.7 Å². The van der Waals surface area contributed by atoms with Crippen molar-refractivity contribution < 1.29 is 29.6 Å². The lowest BCUT2D eigenvalue weighted by Crippen LogP contribution is -2.39. The molecule has 4 atom stereocenters. The highest BCUT2D eigenvalue weighted by atomic mass is 16.7. The molecule has 1 aliphatic rings. The topological polar surface area (TPSA) is 111 Å². The number of nitrogens with zero attached hydrogens (tertiary/aromatic N) is 1. The predicted octanol–water partition coefficient (Wildman–Crippen LogP) is 5.40. The molecular weight excluding hydrogens is 556 g/mol. The van der Waals surface area contributed by atoms with Gasteiger partial charge in [-0.05, 0) is 58.6 Å². The molecule has 230 valence electrons. The van der Waals surface area contributed by atoms with Crippen molar-refractivity contribution in [2.45, 2.75) is 51.1 Å². The molecule has 1 fully saturated rings. The lowest BCUT2D eigenvalue weighted by atomic mass is 9.99. The fourth-order valence-electron chi connectivity index (χ4n) is 5.51. The first kappa shape index (κ1) is 31.4. The molecule has 5 rings (SSSR count). The number of rotatable bonds is 11. The molecular formula is C36H40N2O6. The van der Waals surface area contributed by atoms with E-state index in [9.17, 15) is 20.1 Å². The molecule has 0 spiro atoms. The molecule has 0 bridgehead atoms. The van der Waals surface area contributed by atoms with Crippen LogP contribution in [0.2, 0.25) is 0 Å². The van der Waals surface area contributed by atoms with Gasteiger partial charge in [0.2, 0.25) is 5.91 Å². The Morgan fingerprint density at radius 1 is 0.909 bits per heavy atom. The van der Waals surface area contributed by atoms with Crippen LogP contribution in [0.3, 0.4) is 0 Å². The smallest absolute Gasteiger partial charge is 0.217 e. The van der Waals surface area contributed by atoms with Crippen molar-refractivity contribution >= 4 is 5.91 Å². The first-order valence-corrected chi connectivity index (χ1v) is 14.9. The number of hydrogen-bond acceptors (Lipinski definition) is 7. The molecule has 0 aliphatic carbocycles. The average molecular weight is 597 g/mol. The minimum Gasteiger partial charge on any atom is -0.508 e. The maximum Gasteiger partial charge on any atom is 0.217 e. The minimum absolute atomic E-state index is 0.0189. The van der Waals surface area contributed by atoms with E-state index < -0.39 is 12.4 Å². The van der Waals surface area contributed by atoms with Crippen molar-refractivity contribution in [3.05, 3.63) is 125 Å². The number of aromatic hydroxyl groups is 1. The Labute approximate surface area is 258 Å². The molecule has 4 aromatic rings. The van der Waals surface area contributed by atoms with Crippen molar-refractivity contribution in [3.63, 3.8) is 0 Å². The van der Waals surface area contributed by atoms with E-state index in [0.717, 1.165) is 33.4 Å². The average Bonchev–Trinajstić information content (AvgIpc) is 3.04. The zero-order chi connectivity index (χ0) is 31.1. The highest BCUT2D eigenvalue weighted by Gasteiger charge is 2.33. The lowest BCUT2D eigenvalue weighted by Gasteiger charge is -2.38. The summed E-state index contributed by atoms with van der Waals surface area (Å²) < 4.78 is 13.0. The number of aliphatic hydroxyl groups excluding tert-OH is 2. The lowest BCUT2D eigenvalue weighted by molar-refractivity contribution is -0.252. The van der Waals surface area contributed by atoms with Gasteiger partial charge in [-0.2, -0.15) is 0 Å². The number of carbonyl (C=O) groups excluding carboxylic acids is 1. The summed E-state index contributed by atoms with van der Waals surface area (Å²) in [6.45, 7) is 2.91. The molecule has 1 saturated heterocycles. The second-order valence-electron chi connectivity index (χ2n) is 11.4. The fraction of sp³-hybridized carbons (Fsp3) is 0.306. The number of carbonyl (C=O) groups is 1. The third-order valence-corrected chi connectivity index (χ3v) is 7.85. The van der Waals surface area contributed by atoms with E-state index in [0.29, 0.717) is 31.6 Å². The number of amides is 1. The molecule has 0 aromatic heterocycles. The molecule has 1 amide bonds. The normalized spacial score (nSPS) is 19.1. The number of aliphatic hydroxyl groups is 2. The molecule has 44 heavy (non-hydrogen) atoms. The van der Waals surface area contributed by atoms with Gasteiger partial charge in [0.05, 0.1) is 24.9 Å². The Balaban J connectivity index is 1.32. The van der Waals surface area contributed by atoms with Crippen LogP contribution in [0.25, 0.3) is 11.1 Å². The molecule has 4 aromatic carbocycles. The molecule has 0 unspecified atom stereocenters. The standard InChI is InChI=1S/C36H40N2O6/c1-24(40)37-20-26-5-3-6-30(17-26)27-13-15-29(16-14-27)36-43-33(19-35(44-36)28-11-9-25(23-39)10-12-28)21-38(2)22-34(42)31-7-4-8-32(41)18-31/h3-18,33-36,39,41-42H,19-23H2,1-2H3,(H,37,40)/t33-,34-,35+,36+/m1/s1. The Hall–Kier alpha value is -4.05. The second kappa shape index (κ2) is 14.6. The van der Waals surface area contributed by atoms with Gasteiger partial charge in [-0.1, -0.05) is 78.9 Å². The first-order chi connectivity index (χ1) is 21.3. The van der Waals surface area contributed by atoms with E-state index in [1.165, 1.54) is 6.92 Å². The number of nitrogens with one attached hydrogen (secondary N) is 1. The van der Waals surface area contributed by atoms with Crippen molar-refractivity contribution in [1.82, 2.24) is 10.2 Å². The second-order valence-corrected chi connectivity index (χ2v) is 11.4. The largest absolute Gasteiger partial charge is 0.508 e. The van der Waals surface area contributed by atoms with Gasteiger partial charge in [0.25, 0.3) is 0 Å². The molecule has 8 nitrogen and oxygen atoms in total. The van der Waals surface area contributed by atoms with E-state index in [2.05, 4.69) is 11.4 Å². The van der Waals surface area contributed by atoms with Gasteiger partial charge in [0.1, 0.15) is 5.75 Å². The van der Waals surface area contributed by atoms with Crippen LogP contribution < -0.4 is 5.32 Å². The highest BCUT2D eigenvalue weighted by molar-refractivity contribution is 5.73. The molecule has 1 heterocycles. The quantitative estimate of drug-likeness (QED) is 0.184. The Kier molecular flexibility index (Phi) is 10.4. The minimum atomic E-state index is -0.756. The van der Waals surface area contributed by atoms with Crippen molar-refractivity contribution in [3.8, 4) is 16.9 Å². The van der Waals surface area contributed by atoms with Crippen molar-refractivity contribution in [2.24, 2.45) is 0 Å². The number of phenolic OH excluding ortho intramolecular Hbond substituents is 1. The molecule has 0 radical (unpaired) electrons. The van der Waals surface area contributed by atoms with Gasteiger partial charge in [-0.15, -0.1) is 0 Å². The summed E-state index contributed by atoms with van der Waals surface area (Å²) in [5.74, 6) is 0.0608. The van der Waals surface area contributed by atoms with Crippen LogP contribution in [0.15, 0.2) is 97.1 Å². The summed E-state index contributed by atoms with van der Waals surface area (Å²) in [5, 5.41) is 32.9. The van der Waals surface area contributed by atoms with Gasteiger partial charge in [0.15, 0.2) is 6.29 Å². The Morgan fingerprint density at radius 3 is 2.34 bits per heavy atom. The van der Waals surface area contributed by atoms with Gasteiger partial charge in [0, 0.05) is 38.5 Å². The number of likely N-dealkylation sites (N-methyl/N-ethyl adjacent to an activating group) is 1. The summed E-state index contributed by atoms with van der Waals surface area (Å²) in [5.41, 5.74) is 6.52. The number of benzene rings is 4. The van der Waals surface area contributed by atoms with Gasteiger partial charge < -0.3 is 35.0 Å². The van der Waals surface area contributed by atoms with Crippen LogP contribution >= 0.6 is 0 Å². The summed E-state index contributed by atoms with van der Waals surface area (Å²) in [4.78, 5) is 13.4. The number of ether oxygens (including phenoxy) is 2. The highest BCUT2D eigenvalue weighted by Crippen LogP contribution is 2.38. The molecule has 0 saturated carbocycles. The van der Waals surface area contributed by atoms with Gasteiger partial charge in [-0.3, -0.25) is 4.79 Å². The van der Waals surface area contributed by atoms with E-state index in [1.807, 2.05) is 78.7 Å². The van der Waals surface area contributed by atoms with Crippen molar-refractivity contribution in [2.75, 3.05) is 20.1 Å². The van der Waals surface area contributed by atoms with Crippen LogP contribution in [0, 0.1) is 0 Å². The summed E-state index contributed by atoms with van der Waals surface area (Å²) >= 11 is 0. The van der Waals surface area contributed by atoms with E-state index in [-0.39, 0.29) is 30.5 Å². The van der Waals surface area contributed by atoms with Crippen LogP contribution in [-0.4, -0.2) is 52.4 Å². The third-order valence-electron chi connectivity index (χ3n) is 7.85. The van der Waals surface area contributed by atoms with Crippen molar-refractivity contribution in [1.29, 1.82) is 0 Å². The maximum absolute atomic E-state index is 11.3. The Bertz CT molecular complexity index is 1520. The predicted molar refractivity (Wildman–Crippen MR) is 168 cm³/mol. The maximum atomic E-state index is 11.3. The number of hydrogen-bond donors (Lipinski definition) is 4. The molecule has 1 aliphatic heterocycles. The summed E-state index contributed by atoms with van der Waals surface area (Å²) in [6, 6.07) is 30.7. The zero-order valence-corrected chi connectivity index (χ0v) is 25.1. The monoisotopic (exact) mass is 596 g/mol. The van der Waals surface area contributed by atoms with E-state index in [4.69, 9.17) is 9.47 Å². The van der Waals surface area contributed by atoms with Crippen LogP contribution in [0.5, 0.6) is 5.75 Å².